The normalized spacial score (nSPS) is 11.7. The molecule has 2 heterocycles. The van der Waals surface area contributed by atoms with Gasteiger partial charge in [0.2, 0.25) is 5.28 Å². The molecule has 7 heteroatoms. The molecule has 0 N–H and O–H groups in total. The van der Waals surface area contributed by atoms with Crippen molar-refractivity contribution in [1.82, 2.24) is 19.5 Å². The summed E-state index contributed by atoms with van der Waals surface area (Å²) in [5.41, 5.74) is 2.34. The third kappa shape index (κ3) is 3.23. The minimum absolute atomic E-state index is 0.183. The number of carbonyl (C=O) groups is 1. The Hall–Kier alpha value is -2.47. The molecule has 124 valence electrons. The molecule has 6 nitrogen and oxygen atoms in total. The summed E-state index contributed by atoms with van der Waals surface area (Å²) in [7, 11) is 0. The molecule has 0 atom stereocenters. The van der Waals surface area contributed by atoms with E-state index in [0.29, 0.717) is 22.6 Å². The fourth-order valence-corrected chi connectivity index (χ4v) is 2.54. The van der Waals surface area contributed by atoms with Crippen LogP contribution in [-0.2, 0) is 4.74 Å². The largest absolute Gasteiger partial charge is 0.443 e. The van der Waals surface area contributed by atoms with Crippen LogP contribution in [0.15, 0.2) is 30.5 Å². The summed E-state index contributed by atoms with van der Waals surface area (Å²) < 4.78 is 6.92. The van der Waals surface area contributed by atoms with Crippen LogP contribution in [0.1, 0.15) is 26.6 Å². The number of fused-ring (bicyclic) bond motifs is 1. The van der Waals surface area contributed by atoms with E-state index in [4.69, 9.17) is 16.3 Å². The summed E-state index contributed by atoms with van der Waals surface area (Å²) >= 11 is 5.84. The number of aromatic nitrogens is 4. The molecule has 0 unspecified atom stereocenters. The first kappa shape index (κ1) is 16.4. The van der Waals surface area contributed by atoms with Gasteiger partial charge in [-0.05, 0) is 57.5 Å². The van der Waals surface area contributed by atoms with Crippen LogP contribution in [0.25, 0.3) is 22.3 Å². The number of ether oxygens (including phenoxy) is 1. The molecule has 0 aliphatic carbocycles. The smallest absolute Gasteiger partial charge is 0.420 e. The van der Waals surface area contributed by atoms with Crippen LogP contribution in [0, 0.1) is 6.92 Å². The lowest BCUT2D eigenvalue weighted by molar-refractivity contribution is 0.0540. The van der Waals surface area contributed by atoms with E-state index in [0.717, 1.165) is 5.56 Å². The zero-order chi connectivity index (χ0) is 17.5. The van der Waals surface area contributed by atoms with Gasteiger partial charge >= 0.3 is 6.09 Å². The number of carbonyl (C=O) groups excluding carboxylic acids is 1. The van der Waals surface area contributed by atoms with Gasteiger partial charge in [0.1, 0.15) is 11.4 Å². The van der Waals surface area contributed by atoms with Crippen molar-refractivity contribution < 1.29 is 9.53 Å². The highest BCUT2D eigenvalue weighted by atomic mass is 35.5. The topological polar surface area (TPSA) is 69.9 Å². The van der Waals surface area contributed by atoms with Crippen LogP contribution in [0.2, 0.25) is 5.28 Å². The lowest BCUT2D eigenvalue weighted by Gasteiger charge is -2.20. The number of benzene rings is 1. The second kappa shape index (κ2) is 5.87. The average molecular weight is 345 g/mol. The Morgan fingerprint density at radius 1 is 1.21 bits per heavy atom. The fourth-order valence-electron chi connectivity index (χ4n) is 2.39. The van der Waals surface area contributed by atoms with Crippen LogP contribution >= 0.6 is 11.6 Å². The Morgan fingerprint density at radius 2 is 1.96 bits per heavy atom. The van der Waals surface area contributed by atoms with Gasteiger partial charge in [-0.15, -0.1) is 0 Å². The molecule has 0 aliphatic rings. The van der Waals surface area contributed by atoms with Crippen molar-refractivity contribution in [3.05, 3.63) is 41.6 Å². The maximum Gasteiger partial charge on any atom is 0.420 e. The number of hydrogen-bond donors (Lipinski definition) is 0. The maximum absolute atomic E-state index is 12.4. The first-order valence-electron chi connectivity index (χ1n) is 7.46. The molecular formula is C17H17ClN4O2. The van der Waals surface area contributed by atoms with Gasteiger partial charge in [0, 0.05) is 11.8 Å². The van der Waals surface area contributed by atoms with Gasteiger partial charge in [-0.3, -0.25) is 0 Å². The van der Waals surface area contributed by atoms with E-state index < -0.39 is 11.7 Å². The molecule has 0 radical (unpaired) electrons. The van der Waals surface area contributed by atoms with E-state index in [2.05, 4.69) is 15.0 Å². The summed E-state index contributed by atoms with van der Waals surface area (Å²) in [6, 6.07) is 7.32. The second-order valence-corrected chi connectivity index (χ2v) is 6.73. The number of imidazole rings is 1. The molecule has 3 aromatic rings. The number of aryl methyl sites for hydroxylation is 1. The first-order valence-corrected chi connectivity index (χ1v) is 7.84. The summed E-state index contributed by atoms with van der Waals surface area (Å²) in [6.45, 7) is 7.26. The summed E-state index contributed by atoms with van der Waals surface area (Å²) in [5.74, 6) is 0.567. The molecule has 0 saturated carbocycles. The zero-order valence-electron chi connectivity index (χ0n) is 13.9. The predicted molar refractivity (Wildman–Crippen MR) is 92.1 cm³/mol. The zero-order valence-corrected chi connectivity index (χ0v) is 14.6. The predicted octanol–water partition coefficient (Wildman–Crippen LogP) is 4.24. The van der Waals surface area contributed by atoms with E-state index in [-0.39, 0.29) is 5.28 Å². The van der Waals surface area contributed by atoms with Crippen molar-refractivity contribution in [1.29, 1.82) is 0 Å². The molecule has 0 saturated heterocycles. The van der Waals surface area contributed by atoms with Gasteiger partial charge in [0.05, 0.1) is 16.7 Å². The molecule has 0 fully saturated rings. The van der Waals surface area contributed by atoms with Crippen LogP contribution in [0.3, 0.4) is 0 Å². The molecule has 0 spiro atoms. The van der Waals surface area contributed by atoms with Gasteiger partial charge in [-0.1, -0.05) is 6.07 Å². The van der Waals surface area contributed by atoms with Crippen molar-refractivity contribution >= 4 is 28.7 Å². The van der Waals surface area contributed by atoms with Crippen molar-refractivity contribution in [2.75, 3.05) is 0 Å². The summed E-state index contributed by atoms with van der Waals surface area (Å²) in [6.07, 6.45) is 1.15. The number of hydrogen-bond acceptors (Lipinski definition) is 5. The molecular weight excluding hydrogens is 328 g/mol. The van der Waals surface area contributed by atoms with E-state index in [9.17, 15) is 4.79 Å². The van der Waals surface area contributed by atoms with E-state index >= 15 is 0 Å². The Kier molecular flexibility index (Phi) is 4.01. The lowest BCUT2D eigenvalue weighted by atomic mass is 10.1. The van der Waals surface area contributed by atoms with Crippen LogP contribution in [0.5, 0.6) is 0 Å². The molecule has 0 amide bonds. The van der Waals surface area contributed by atoms with Crippen LogP contribution in [0.4, 0.5) is 4.79 Å². The van der Waals surface area contributed by atoms with Gasteiger partial charge in [-0.25, -0.2) is 24.3 Å². The number of nitrogens with zero attached hydrogens (tertiary/aromatic N) is 4. The maximum atomic E-state index is 12.4. The third-order valence-electron chi connectivity index (χ3n) is 3.32. The monoisotopic (exact) mass is 344 g/mol. The minimum Gasteiger partial charge on any atom is -0.443 e. The SMILES string of the molecule is Cc1nc2cc(-c3ccnc(Cl)n3)ccc2n1C(=O)OC(C)(C)C. The summed E-state index contributed by atoms with van der Waals surface area (Å²) in [4.78, 5) is 24.9. The number of halogens is 1. The molecule has 24 heavy (non-hydrogen) atoms. The minimum atomic E-state index is -0.572. The van der Waals surface area contributed by atoms with Crippen molar-refractivity contribution in [2.45, 2.75) is 33.3 Å². The highest BCUT2D eigenvalue weighted by Gasteiger charge is 2.21. The Balaban J connectivity index is 2.06. The van der Waals surface area contributed by atoms with E-state index in [1.165, 1.54) is 4.57 Å². The van der Waals surface area contributed by atoms with Crippen molar-refractivity contribution in [2.24, 2.45) is 0 Å². The Bertz CT molecular complexity index is 928. The lowest BCUT2D eigenvalue weighted by Crippen LogP contribution is -2.27. The van der Waals surface area contributed by atoms with Gasteiger partial charge in [-0.2, -0.15) is 0 Å². The van der Waals surface area contributed by atoms with E-state index in [1.807, 2.05) is 39.0 Å². The standard InChI is InChI=1S/C17H17ClN4O2/c1-10-20-13-9-11(12-7-8-19-15(18)21-12)5-6-14(13)22(10)16(23)24-17(2,3)4/h5-9H,1-4H3. The van der Waals surface area contributed by atoms with Crippen LogP contribution in [-0.4, -0.2) is 31.2 Å². The van der Waals surface area contributed by atoms with Crippen LogP contribution < -0.4 is 0 Å². The van der Waals surface area contributed by atoms with Crippen molar-refractivity contribution in [3.63, 3.8) is 0 Å². The quantitative estimate of drug-likeness (QED) is 0.617. The third-order valence-corrected chi connectivity index (χ3v) is 3.50. The van der Waals surface area contributed by atoms with Crippen molar-refractivity contribution in [3.8, 4) is 11.3 Å². The molecule has 0 bridgehead atoms. The molecule has 1 aromatic carbocycles. The second-order valence-electron chi connectivity index (χ2n) is 6.39. The molecule has 3 rings (SSSR count). The Labute approximate surface area is 144 Å². The average Bonchev–Trinajstić information content (AvgIpc) is 2.80. The van der Waals surface area contributed by atoms with Gasteiger partial charge < -0.3 is 4.74 Å². The highest BCUT2D eigenvalue weighted by molar-refractivity contribution is 6.28. The van der Waals surface area contributed by atoms with Gasteiger partial charge in [0.25, 0.3) is 0 Å². The number of rotatable bonds is 1. The van der Waals surface area contributed by atoms with E-state index in [1.54, 1.807) is 19.2 Å². The summed E-state index contributed by atoms with van der Waals surface area (Å²) in [5, 5.41) is 0.183. The fraction of sp³-hybridized carbons (Fsp3) is 0.294. The highest BCUT2D eigenvalue weighted by Crippen LogP contribution is 2.25. The van der Waals surface area contributed by atoms with Gasteiger partial charge in [0.15, 0.2) is 0 Å². The first-order chi connectivity index (χ1) is 11.2. The Morgan fingerprint density at radius 3 is 2.62 bits per heavy atom. The molecule has 0 aliphatic heterocycles. The molecule has 2 aromatic heterocycles.